The second-order valence-corrected chi connectivity index (χ2v) is 7.00. The molecule has 0 aromatic heterocycles. The Morgan fingerprint density at radius 1 is 1.32 bits per heavy atom. The van der Waals surface area contributed by atoms with E-state index in [1.807, 2.05) is 6.92 Å². The molecule has 2 rings (SSSR count). The SMILES string of the molecule is CCOC(=O)NC(CNC(=NC)N(C)CCC1CCOCC1)C1CC1. The third-order valence-corrected chi connectivity index (χ3v) is 5.04. The summed E-state index contributed by atoms with van der Waals surface area (Å²) in [6.45, 7) is 5.65. The highest BCUT2D eigenvalue weighted by Crippen LogP contribution is 2.32. The van der Waals surface area contributed by atoms with E-state index in [-0.39, 0.29) is 12.1 Å². The molecule has 1 amide bonds. The van der Waals surface area contributed by atoms with Gasteiger partial charge in [0.25, 0.3) is 0 Å². The Morgan fingerprint density at radius 3 is 2.64 bits per heavy atom. The molecule has 25 heavy (non-hydrogen) atoms. The van der Waals surface area contributed by atoms with Crippen LogP contribution in [0, 0.1) is 11.8 Å². The lowest BCUT2D eigenvalue weighted by molar-refractivity contribution is 0.0625. The Hall–Kier alpha value is -1.50. The van der Waals surface area contributed by atoms with Gasteiger partial charge >= 0.3 is 6.09 Å². The highest BCUT2D eigenvalue weighted by molar-refractivity contribution is 5.79. The number of guanidine groups is 1. The Bertz CT molecular complexity index is 434. The van der Waals surface area contributed by atoms with Gasteiger partial charge in [0.2, 0.25) is 0 Å². The summed E-state index contributed by atoms with van der Waals surface area (Å²) in [4.78, 5) is 18.3. The Balaban J connectivity index is 1.74. The van der Waals surface area contributed by atoms with E-state index in [1.54, 1.807) is 7.05 Å². The highest BCUT2D eigenvalue weighted by atomic mass is 16.5. The molecule has 0 aromatic rings. The minimum absolute atomic E-state index is 0.0969. The van der Waals surface area contributed by atoms with Gasteiger partial charge in [-0.1, -0.05) is 0 Å². The van der Waals surface area contributed by atoms with Crippen LogP contribution in [0.25, 0.3) is 0 Å². The molecule has 0 spiro atoms. The molecule has 1 heterocycles. The van der Waals surface area contributed by atoms with Gasteiger partial charge in [0.05, 0.1) is 12.6 Å². The quantitative estimate of drug-likeness (QED) is 0.514. The van der Waals surface area contributed by atoms with Crippen molar-refractivity contribution in [1.82, 2.24) is 15.5 Å². The number of nitrogens with zero attached hydrogens (tertiary/aromatic N) is 2. The lowest BCUT2D eigenvalue weighted by Gasteiger charge is -2.28. The third kappa shape index (κ3) is 7.10. The smallest absolute Gasteiger partial charge is 0.407 e. The van der Waals surface area contributed by atoms with Crippen LogP contribution in [0.4, 0.5) is 4.79 Å². The number of aliphatic imine (C=N–C) groups is 1. The number of ether oxygens (including phenoxy) is 2. The molecule has 1 saturated heterocycles. The fraction of sp³-hybridized carbons (Fsp3) is 0.889. The Morgan fingerprint density at radius 2 is 2.04 bits per heavy atom. The first kappa shape index (κ1) is 19.8. The predicted octanol–water partition coefficient (Wildman–Crippen LogP) is 1.83. The second kappa shape index (κ2) is 10.5. The maximum Gasteiger partial charge on any atom is 0.407 e. The molecule has 2 aliphatic rings. The van der Waals surface area contributed by atoms with Gasteiger partial charge in [-0.15, -0.1) is 0 Å². The van der Waals surface area contributed by atoms with Gasteiger partial charge in [-0.05, 0) is 50.9 Å². The molecule has 0 aromatic carbocycles. The normalized spacial score (nSPS) is 20.0. The molecule has 1 atom stereocenters. The summed E-state index contributed by atoms with van der Waals surface area (Å²) in [6, 6.07) is 0.0969. The predicted molar refractivity (Wildman–Crippen MR) is 98.8 cm³/mol. The van der Waals surface area contributed by atoms with E-state index in [0.717, 1.165) is 63.7 Å². The lowest BCUT2D eigenvalue weighted by Crippen LogP contribution is -2.48. The molecule has 144 valence electrons. The van der Waals surface area contributed by atoms with Crippen LogP contribution < -0.4 is 10.6 Å². The number of carbonyl (C=O) groups is 1. The standard InChI is InChI=1S/C18H34N4O3/c1-4-25-18(23)21-16(15-5-6-15)13-20-17(19-2)22(3)10-7-14-8-11-24-12-9-14/h14-16H,4-13H2,1-3H3,(H,19,20)(H,21,23). The van der Waals surface area contributed by atoms with Gasteiger partial charge in [-0.25, -0.2) is 4.79 Å². The number of hydrogen-bond acceptors (Lipinski definition) is 4. The summed E-state index contributed by atoms with van der Waals surface area (Å²) in [5, 5.41) is 6.38. The summed E-state index contributed by atoms with van der Waals surface area (Å²) in [6.07, 6.45) is 5.48. The number of rotatable bonds is 8. The number of alkyl carbamates (subject to hydrolysis) is 1. The van der Waals surface area contributed by atoms with Crippen molar-refractivity contribution >= 4 is 12.1 Å². The van der Waals surface area contributed by atoms with Gasteiger partial charge in [0.15, 0.2) is 5.96 Å². The van der Waals surface area contributed by atoms with Crippen molar-refractivity contribution in [3.8, 4) is 0 Å². The first-order chi connectivity index (χ1) is 12.1. The number of carbonyl (C=O) groups excluding carboxylic acids is 1. The molecule has 1 aliphatic heterocycles. The van der Waals surface area contributed by atoms with E-state index in [4.69, 9.17) is 9.47 Å². The minimum Gasteiger partial charge on any atom is -0.450 e. The van der Waals surface area contributed by atoms with Crippen molar-refractivity contribution < 1.29 is 14.3 Å². The molecule has 7 nitrogen and oxygen atoms in total. The van der Waals surface area contributed by atoms with Gasteiger partial charge in [-0.3, -0.25) is 4.99 Å². The fourth-order valence-electron chi connectivity index (χ4n) is 3.26. The van der Waals surface area contributed by atoms with Crippen molar-refractivity contribution in [3.05, 3.63) is 0 Å². The molecule has 2 fully saturated rings. The van der Waals surface area contributed by atoms with E-state index in [0.29, 0.717) is 19.1 Å². The zero-order valence-electron chi connectivity index (χ0n) is 15.9. The zero-order chi connectivity index (χ0) is 18.1. The van der Waals surface area contributed by atoms with Crippen molar-refractivity contribution in [2.75, 3.05) is 47.0 Å². The minimum atomic E-state index is -0.330. The van der Waals surface area contributed by atoms with Crippen LogP contribution >= 0.6 is 0 Å². The van der Waals surface area contributed by atoms with Crippen LogP contribution in [0.15, 0.2) is 4.99 Å². The number of hydrogen-bond donors (Lipinski definition) is 2. The monoisotopic (exact) mass is 354 g/mol. The van der Waals surface area contributed by atoms with Crippen LogP contribution in [0.5, 0.6) is 0 Å². The third-order valence-electron chi connectivity index (χ3n) is 5.04. The molecule has 1 unspecified atom stereocenters. The van der Waals surface area contributed by atoms with Crippen LogP contribution in [-0.4, -0.2) is 70.0 Å². The molecule has 7 heteroatoms. The van der Waals surface area contributed by atoms with Gasteiger partial charge in [0.1, 0.15) is 0 Å². The first-order valence-electron chi connectivity index (χ1n) is 9.56. The molecule has 1 aliphatic carbocycles. The van der Waals surface area contributed by atoms with Crippen LogP contribution in [0.3, 0.4) is 0 Å². The van der Waals surface area contributed by atoms with E-state index in [9.17, 15) is 4.79 Å². The molecule has 2 N–H and O–H groups in total. The van der Waals surface area contributed by atoms with Crippen LogP contribution in [-0.2, 0) is 9.47 Å². The van der Waals surface area contributed by atoms with Gasteiger partial charge < -0.3 is 25.0 Å². The molecule has 0 radical (unpaired) electrons. The largest absolute Gasteiger partial charge is 0.450 e. The van der Waals surface area contributed by atoms with Gasteiger partial charge in [0, 0.05) is 40.4 Å². The average Bonchev–Trinajstić information content (AvgIpc) is 3.45. The van der Waals surface area contributed by atoms with Crippen LogP contribution in [0.1, 0.15) is 39.0 Å². The summed E-state index contributed by atoms with van der Waals surface area (Å²) in [5.41, 5.74) is 0. The van der Waals surface area contributed by atoms with E-state index >= 15 is 0 Å². The van der Waals surface area contributed by atoms with Crippen molar-refractivity contribution in [2.24, 2.45) is 16.8 Å². The topological polar surface area (TPSA) is 75.2 Å². The number of amides is 1. The Kier molecular flexibility index (Phi) is 8.31. The zero-order valence-corrected chi connectivity index (χ0v) is 15.9. The van der Waals surface area contributed by atoms with Crippen molar-refractivity contribution in [2.45, 2.75) is 45.1 Å². The molecule has 0 bridgehead atoms. The highest BCUT2D eigenvalue weighted by Gasteiger charge is 2.32. The van der Waals surface area contributed by atoms with E-state index < -0.39 is 0 Å². The number of nitrogens with one attached hydrogen (secondary N) is 2. The summed E-state index contributed by atoms with van der Waals surface area (Å²) >= 11 is 0. The van der Waals surface area contributed by atoms with Crippen molar-refractivity contribution in [3.63, 3.8) is 0 Å². The van der Waals surface area contributed by atoms with Crippen molar-refractivity contribution in [1.29, 1.82) is 0 Å². The fourth-order valence-corrected chi connectivity index (χ4v) is 3.26. The summed E-state index contributed by atoms with van der Waals surface area (Å²) < 4.78 is 10.4. The lowest BCUT2D eigenvalue weighted by atomic mass is 9.96. The molecular weight excluding hydrogens is 320 g/mol. The maximum absolute atomic E-state index is 11.7. The van der Waals surface area contributed by atoms with Gasteiger partial charge in [-0.2, -0.15) is 0 Å². The first-order valence-corrected chi connectivity index (χ1v) is 9.56. The van der Waals surface area contributed by atoms with E-state index in [1.165, 1.54) is 0 Å². The Labute approximate surface area is 151 Å². The summed E-state index contributed by atoms with van der Waals surface area (Å²) in [5.74, 6) is 2.17. The summed E-state index contributed by atoms with van der Waals surface area (Å²) in [7, 11) is 3.87. The average molecular weight is 354 g/mol. The second-order valence-electron chi connectivity index (χ2n) is 7.00. The molecule has 1 saturated carbocycles. The van der Waals surface area contributed by atoms with E-state index in [2.05, 4.69) is 27.6 Å². The molecular formula is C18H34N4O3. The maximum atomic E-state index is 11.7. The van der Waals surface area contributed by atoms with Crippen LogP contribution in [0.2, 0.25) is 0 Å².